The molecule has 1 unspecified atom stereocenters. The number of hydrogen-bond donors (Lipinski definition) is 1. The molecule has 2 N–H and O–H groups in total. The molecule has 0 aliphatic rings. The van der Waals surface area contributed by atoms with Crippen molar-refractivity contribution in [3.63, 3.8) is 0 Å². The highest BCUT2D eigenvalue weighted by atomic mass is 79.9. The van der Waals surface area contributed by atoms with E-state index >= 15 is 0 Å². The maximum absolute atomic E-state index is 13.7. The molecule has 0 amide bonds. The fourth-order valence-electron chi connectivity index (χ4n) is 1.89. The minimum Gasteiger partial charge on any atom is -0.320 e. The number of nitrogens with two attached hydrogens (primary N) is 1. The molecule has 1 nitrogen and oxygen atoms in total. The first-order valence-electron chi connectivity index (χ1n) is 5.56. The molecule has 100 valence electrons. The summed E-state index contributed by atoms with van der Waals surface area (Å²) in [7, 11) is 0. The fourth-order valence-corrected chi connectivity index (χ4v) is 2.27. The van der Waals surface area contributed by atoms with Gasteiger partial charge >= 0.3 is 0 Å². The van der Waals surface area contributed by atoms with E-state index in [0.717, 1.165) is 16.1 Å². The van der Waals surface area contributed by atoms with Crippen molar-refractivity contribution >= 4 is 15.9 Å². The number of benzene rings is 2. The Balaban J connectivity index is 2.52. The highest BCUT2D eigenvalue weighted by Crippen LogP contribution is 2.28. The van der Waals surface area contributed by atoms with Crippen molar-refractivity contribution in [1.82, 2.24) is 0 Å². The smallest absolute Gasteiger partial charge is 0.161 e. The van der Waals surface area contributed by atoms with Crippen LogP contribution >= 0.6 is 15.9 Å². The van der Waals surface area contributed by atoms with Crippen molar-refractivity contribution in [1.29, 1.82) is 0 Å². The first-order valence-corrected chi connectivity index (χ1v) is 6.35. The van der Waals surface area contributed by atoms with Gasteiger partial charge in [0.25, 0.3) is 0 Å². The van der Waals surface area contributed by atoms with Crippen LogP contribution in [0.1, 0.15) is 22.7 Å². The first-order chi connectivity index (χ1) is 8.90. The van der Waals surface area contributed by atoms with E-state index in [2.05, 4.69) is 15.9 Å². The average Bonchev–Trinajstić information content (AvgIpc) is 2.36. The molecule has 0 aliphatic carbocycles. The third-order valence-electron chi connectivity index (χ3n) is 2.95. The van der Waals surface area contributed by atoms with Crippen LogP contribution < -0.4 is 5.73 Å². The van der Waals surface area contributed by atoms with Gasteiger partial charge < -0.3 is 5.73 Å². The SMILES string of the molecule is Cc1ccc(Br)cc1C(N)c1cc(F)c(F)cc1F. The minimum atomic E-state index is -1.22. The molecule has 5 heteroatoms. The summed E-state index contributed by atoms with van der Waals surface area (Å²) in [5, 5.41) is 0. The lowest BCUT2D eigenvalue weighted by Gasteiger charge is -2.16. The van der Waals surface area contributed by atoms with Crippen LogP contribution in [0.5, 0.6) is 0 Å². The lowest BCUT2D eigenvalue weighted by atomic mass is 9.95. The molecule has 0 radical (unpaired) electrons. The van der Waals surface area contributed by atoms with Gasteiger partial charge in [-0.15, -0.1) is 0 Å². The lowest BCUT2D eigenvalue weighted by molar-refractivity contribution is 0.487. The maximum Gasteiger partial charge on any atom is 0.161 e. The molecule has 0 saturated heterocycles. The van der Waals surface area contributed by atoms with Gasteiger partial charge in [-0.3, -0.25) is 0 Å². The van der Waals surface area contributed by atoms with Gasteiger partial charge in [-0.2, -0.15) is 0 Å². The van der Waals surface area contributed by atoms with Crippen LogP contribution in [0.4, 0.5) is 13.2 Å². The van der Waals surface area contributed by atoms with Crippen LogP contribution in [0.25, 0.3) is 0 Å². The van der Waals surface area contributed by atoms with Crippen LogP contribution in [0, 0.1) is 24.4 Å². The summed E-state index contributed by atoms with van der Waals surface area (Å²) in [6, 6.07) is 5.84. The Hall–Kier alpha value is -1.33. The molecular formula is C14H11BrF3N. The van der Waals surface area contributed by atoms with Gasteiger partial charge in [0.15, 0.2) is 11.6 Å². The second kappa shape index (κ2) is 5.35. The Morgan fingerprint density at radius 2 is 1.58 bits per heavy atom. The van der Waals surface area contributed by atoms with Crippen LogP contribution in [0.2, 0.25) is 0 Å². The van der Waals surface area contributed by atoms with E-state index in [-0.39, 0.29) is 5.56 Å². The molecule has 19 heavy (non-hydrogen) atoms. The molecule has 2 rings (SSSR count). The zero-order valence-corrected chi connectivity index (χ0v) is 11.6. The monoisotopic (exact) mass is 329 g/mol. The summed E-state index contributed by atoms with van der Waals surface area (Å²) in [6.45, 7) is 1.82. The van der Waals surface area contributed by atoms with Crippen molar-refractivity contribution in [3.05, 3.63) is 68.9 Å². The van der Waals surface area contributed by atoms with Crippen molar-refractivity contribution < 1.29 is 13.2 Å². The summed E-state index contributed by atoms with van der Waals surface area (Å²) < 4.78 is 40.6. The van der Waals surface area contributed by atoms with Crippen LogP contribution in [-0.2, 0) is 0 Å². The Morgan fingerprint density at radius 1 is 0.947 bits per heavy atom. The third kappa shape index (κ3) is 2.82. The Morgan fingerprint density at radius 3 is 2.26 bits per heavy atom. The molecule has 2 aromatic rings. The van der Waals surface area contributed by atoms with E-state index in [1.807, 2.05) is 19.1 Å². The van der Waals surface area contributed by atoms with Crippen molar-refractivity contribution in [2.45, 2.75) is 13.0 Å². The number of hydrogen-bond acceptors (Lipinski definition) is 1. The lowest BCUT2D eigenvalue weighted by Crippen LogP contribution is -2.15. The molecule has 0 spiro atoms. The summed E-state index contributed by atoms with van der Waals surface area (Å²) in [5.74, 6) is -3.19. The van der Waals surface area contributed by atoms with E-state index in [1.165, 1.54) is 0 Å². The highest BCUT2D eigenvalue weighted by molar-refractivity contribution is 9.10. The second-order valence-corrected chi connectivity index (χ2v) is 5.18. The number of aryl methyl sites for hydroxylation is 1. The first kappa shape index (κ1) is 14.1. The molecule has 0 saturated carbocycles. The predicted octanol–water partition coefficient (Wildman–Crippen LogP) is 4.22. The van der Waals surface area contributed by atoms with Crippen molar-refractivity contribution in [2.24, 2.45) is 5.73 Å². The molecule has 0 aromatic heterocycles. The summed E-state index contributed by atoms with van der Waals surface area (Å²) in [5.41, 5.74) is 7.39. The van der Waals surface area contributed by atoms with Crippen LogP contribution in [0.15, 0.2) is 34.8 Å². The largest absolute Gasteiger partial charge is 0.320 e. The van der Waals surface area contributed by atoms with E-state index in [9.17, 15) is 13.2 Å². The molecule has 0 bridgehead atoms. The Kier molecular flexibility index (Phi) is 3.96. The van der Waals surface area contributed by atoms with E-state index < -0.39 is 23.5 Å². The van der Waals surface area contributed by atoms with E-state index in [4.69, 9.17) is 5.73 Å². The van der Waals surface area contributed by atoms with Crippen molar-refractivity contribution in [3.8, 4) is 0 Å². The van der Waals surface area contributed by atoms with Crippen LogP contribution in [-0.4, -0.2) is 0 Å². The molecule has 2 aromatic carbocycles. The fraction of sp³-hybridized carbons (Fsp3) is 0.143. The van der Waals surface area contributed by atoms with Gasteiger partial charge in [0, 0.05) is 16.1 Å². The van der Waals surface area contributed by atoms with Gasteiger partial charge in [-0.05, 0) is 36.2 Å². The second-order valence-electron chi connectivity index (χ2n) is 4.27. The maximum atomic E-state index is 13.7. The van der Waals surface area contributed by atoms with Gasteiger partial charge in [-0.25, -0.2) is 13.2 Å². The number of halogens is 4. The summed E-state index contributed by atoms with van der Waals surface area (Å²) in [4.78, 5) is 0. The van der Waals surface area contributed by atoms with Gasteiger partial charge in [0.05, 0.1) is 6.04 Å². The minimum absolute atomic E-state index is 0.0694. The van der Waals surface area contributed by atoms with E-state index in [0.29, 0.717) is 11.6 Å². The predicted molar refractivity (Wildman–Crippen MR) is 71.2 cm³/mol. The standard InChI is InChI=1S/C14H11BrF3N/c1-7-2-3-8(15)4-9(7)14(19)10-5-12(17)13(18)6-11(10)16/h2-6,14H,19H2,1H3. The van der Waals surface area contributed by atoms with Gasteiger partial charge in [0.1, 0.15) is 5.82 Å². The zero-order valence-electron chi connectivity index (χ0n) is 10.1. The summed E-state index contributed by atoms with van der Waals surface area (Å²) in [6.07, 6.45) is 0. The molecular weight excluding hydrogens is 319 g/mol. The topological polar surface area (TPSA) is 26.0 Å². The molecule has 0 aliphatic heterocycles. The van der Waals surface area contributed by atoms with Crippen LogP contribution in [0.3, 0.4) is 0 Å². The Labute approximate surface area is 117 Å². The van der Waals surface area contributed by atoms with Gasteiger partial charge in [-0.1, -0.05) is 22.0 Å². The summed E-state index contributed by atoms with van der Waals surface area (Å²) >= 11 is 3.30. The highest BCUT2D eigenvalue weighted by Gasteiger charge is 2.18. The van der Waals surface area contributed by atoms with Crippen molar-refractivity contribution in [2.75, 3.05) is 0 Å². The average molecular weight is 330 g/mol. The molecule has 0 fully saturated rings. The van der Waals surface area contributed by atoms with Gasteiger partial charge in [0.2, 0.25) is 0 Å². The number of rotatable bonds is 2. The Bertz CT molecular complexity index is 628. The third-order valence-corrected chi connectivity index (χ3v) is 3.44. The molecule has 0 heterocycles. The molecule has 1 atom stereocenters. The van der Waals surface area contributed by atoms with E-state index in [1.54, 1.807) is 6.07 Å². The quantitative estimate of drug-likeness (QED) is 0.820. The zero-order chi connectivity index (χ0) is 14.2. The normalized spacial score (nSPS) is 12.5.